The molecule has 1 amide bonds. The van der Waals surface area contributed by atoms with Crippen molar-refractivity contribution in [3.8, 4) is 5.88 Å². The van der Waals surface area contributed by atoms with E-state index in [1.165, 1.54) is 6.33 Å². The average Bonchev–Trinajstić information content (AvgIpc) is 2.39. The van der Waals surface area contributed by atoms with Gasteiger partial charge in [-0.1, -0.05) is 12.1 Å². The van der Waals surface area contributed by atoms with Crippen molar-refractivity contribution in [3.63, 3.8) is 0 Å². The van der Waals surface area contributed by atoms with Gasteiger partial charge in [-0.25, -0.2) is 9.97 Å². The summed E-state index contributed by atoms with van der Waals surface area (Å²) < 4.78 is 6.10. The number of rotatable bonds is 4. The van der Waals surface area contributed by atoms with Gasteiger partial charge in [0.2, 0.25) is 5.88 Å². The standard InChI is InChI=1S/C13H12BrN3O2/c1-9-6-13(16-8-15-9)19-7-12(18)17-11-5-3-2-4-10(11)14/h2-6,8H,7H2,1H3,(H,17,18). The monoisotopic (exact) mass is 321 g/mol. The fourth-order valence-corrected chi connectivity index (χ4v) is 1.78. The highest BCUT2D eigenvalue weighted by Gasteiger charge is 2.06. The predicted molar refractivity (Wildman–Crippen MR) is 75.0 cm³/mol. The molecular weight excluding hydrogens is 310 g/mol. The van der Waals surface area contributed by atoms with E-state index in [9.17, 15) is 4.79 Å². The molecule has 19 heavy (non-hydrogen) atoms. The molecule has 0 aliphatic heterocycles. The van der Waals surface area contributed by atoms with Crippen LogP contribution in [0.1, 0.15) is 5.69 Å². The van der Waals surface area contributed by atoms with Crippen molar-refractivity contribution in [2.24, 2.45) is 0 Å². The Labute approximate surface area is 119 Å². The largest absolute Gasteiger partial charge is 0.467 e. The molecule has 0 bridgehead atoms. The van der Waals surface area contributed by atoms with Gasteiger partial charge in [-0.05, 0) is 35.0 Å². The molecule has 0 unspecified atom stereocenters. The molecule has 5 nitrogen and oxygen atoms in total. The molecule has 6 heteroatoms. The molecule has 2 rings (SSSR count). The molecule has 0 aliphatic rings. The quantitative estimate of drug-likeness (QED) is 0.940. The molecular formula is C13H12BrN3O2. The summed E-state index contributed by atoms with van der Waals surface area (Å²) in [5, 5.41) is 2.74. The van der Waals surface area contributed by atoms with E-state index in [-0.39, 0.29) is 12.5 Å². The highest BCUT2D eigenvalue weighted by atomic mass is 79.9. The van der Waals surface area contributed by atoms with Crippen LogP contribution in [0.3, 0.4) is 0 Å². The Bertz CT molecular complexity index is 590. The van der Waals surface area contributed by atoms with Crippen molar-refractivity contribution in [3.05, 3.63) is 46.8 Å². The molecule has 0 saturated carbocycles. The summed E-state index contributed by atoms with van der Waals surface area (Å²) in [6, 6.07) is 9.04. The second-order valence-electron chi connectivity index (χ2n) is 3.81. The maximum atomic E-state index is 11.7. The molecule has 0 spiro atoms. The number of benzene rings is 1. The minimum Gasteiger partial charge on any atom is -0.467 e. The van der Waals surface area contributed by atoms with Gasteiger partial charge in [-0.15, -0.1) is 0 Å². The SMILES string of the molecule is Cc1cc(OCC(=O)Nc2ccccc2Br)ncn1. The van der Waals surface area contributed by atoms with Gasteiger partial charge < -0.3 is 10.1 Å². The fourth-order valence-electron chi connectivity index (χ4n) is 1.40. The molecule has 1 aromatic carbocycles. The number of anilines is 1. The van der Waals surface area contributed by atoms with Crippen LogP contribution < -0.4 is 10.1 Å². The number of carbonyl (C=O) groups is 1. The number of hydrogen-bond acceptors (Lipinski definition) is 4. The smallest absolute Gasteiger partial charge is 0.262 e. The Morgan fingerprint density at radius 3 is 2.89 bits per heavy atom. The second kappa shape index (κ2) is 6.29. The van der Waals surface area contributed by atoms with Crippen molar-refractivity contribution in [1.82, 2.24) is 9.97 Å². The van der Waals surface area contributed by atoms with Crippen molar-refractivity contribution < 1.29 is 9.53 Å². The van der Waals surface area contributed by atoms with E-state index in [2.05, 4.69) is 31.2 Å². The molecule has 2 aromatic rings. The van der Waals surface area contributed by atoms with Gasteiger partial charge in [0.05, 0.1) is 5.69 Å². The molecule has 0 radical (unpaired) electrons. The van der Waals surface area contributed by atoms with Gasteiger partial charge in [0.15, 0.2) is 6.61 Å². The van der Waals surface area contributed by atoms with Gasteiger partial charge in [-0.2, -0.15) is 0 Å². The third-order valence-electron chi connectivity index (χ3n) is 2.28. The van der Waals surface area contributed by atoms with Crippen molar-refractivity contribution in [1.29, 1.82) is 0 Å². The molecule has 0 saturated heterocycles. The van der Waals surface area contributed by atoms with Crippen LogP contribution in [0, 0.1) is 6.92 Å². The second-order valence-corrected chi connectivity index (χ2v) is 4.67. The summed E-state index contributed by atoms with van der Waals surface area (Å²) in [5.74, 6) is 0.137. The Morgan fingerprint density at radius 2 is 2.16 bits per heavy atom. The van der Waals surface area contributed by atoms with E-state index in [4.69, 9.17) is 4.74 Å². The first kappa shape index (κ1) is 13.5. The predicted octanol–water partition coefficient (Wildman–Crippen LogP) is 2.57. The number of aryl methyl sites for hydroxylation is 1. The number of nitrogens with one attached hydrogen (secondary N) is 1. The van der Waals surface area contributed by atoms with E-state index in [0.717, 1.165) is 10.2 Å². The summed E-state index contributed by atoms with van der Waals surface area (Å²) in [6.07, 6.45) is 1.40. The van der Waals surface area contributed by atoms with Crippen molar-refractivity contribution in [2.45, 2.75) is 6.92 Å². The van der Waals surface area contributed by atoms with E-state index >= 15 is 0 Å². The van der Waals surface area contributed by atoms with Gasteiger partial charge in [-0.3, -0.25) is 4.79 Å². The number of carbonyl (C=O) groups excluding carboxylic acids is 1. The molecule has 1 heterocycles. The lowest BCUT2D eigenvalue weighted by Gasteiger charge is -2.08. The summed E-state index contributed by atoms with van der Waals surface area (Å²) in [4.78, 5) is 19.6. The zero-order valence-corrected chi connectivity index (χ0v) is 11.8. The topological polar surface area (TPSA) is 64.1 Å². The van der Waals surface area contributed by atoms with Crippen molar-refractivity contribution >= 4 is 27.5 Å². The third kappa shape index (κ3) is 4.03. The van der Waals surface area contributed by atoms with Crippen LogP contribution in [0.15, 0.2) is 41.1 Å². The van der Waals surface area contributed by atoms with Crippen molar-refractivity contribution in [2.75, 3.05) is 11.9 Å². The first-order chi connectivity index (χ1) is 9.15. The molecule has 0 fully saturated rings. The number of ether oxygens (including phenoxy) is 1. The van der Waals surface area contributed by atoms with Gasteiger partial charge in [0, 0.05) is 16.2 Å². The van der Waals surface area contributed by atoms with Crippen LogP contribution in [-0.2, 0) is 4.79 Å². The lowest BCUT2D eigenvalue weighted by Crippen LogP contribution is -2.20. The average molecular weight is 322 g/mol. The first-order valence-corrected chi connectivity index (χ1v) is 6.40. The maximum Gasteiger partial charge on any atom is 0.262 e. The number of hydrogen-bond donors (Lipinski definition) is 1. The molecule has 1 aromatic heterocycles. The van der Waals surface area contributed by atoms with E-state index in [0.29, 0.717) is 11.6 Å². The number of para-hydroxylation sites is 1. The molecule has 1 N–H and O–H groups in total. The van der Waals surface area contributed by atoms with E-state index in [1.807, 2.05) is 25.1 Å². The lowest BCUT2D eigenvalue weighted by molar-refractivity contribution is -0.118. The van der Waals surface area contributed by atoms with E-state index in [1.54, 1.807) is 12.1 Å². The Morgan fingerprint density at radius 1 is 1.37 bits per heavy atom. The number of amides is 1. The normalized spacial score (nSPS) is 10.0. The van der Waals surface area contributed by atoms with Crippen LogP contribution in [-0.4, -0.2) is 22.5 Å². The first-order valence-electron chi connectivity index (χ1n) is 5.61. The Kier molecular flexibility index (Phi) is 4.46. The summed E-state index contributed by atoms with van der Waals surface area (Å²) >= 11 is 3.35. The van der Waals surface area contributed by atoms with Crippen LogP contribution in [0.25, 0.3) is 0 Å². The minimum atomic E-state index is -0.247. The summed E-state index contributed by atoms with van der Waals surface area (Å²) in [7, 11) is 0. The van der Waals surface area contributed by atoms with Crippen LogP contribution in [0.5, 0.6) is 5.88 Å². The summed E-state index contributed by atoms with van der Waals surface area (Å²) in [5.41, 5.74) is 1.49. The van der Waals surface area contributed by atoms with Crippen LogP contribution in [0.4, 0.5) is 5.69 Å². The Balaban J connectivity index is 1.90. The Hall–Kier alpha value is -1.95. The lowest BCUT2D eigenvalue weighted by atomic mass is 10.3. The minimum absolute atomic E-state index is 0.0994. The molecule has 98 valence electrons. The van der Waals surface area contributed by atoms with Gasteiger partial charge >= 0.3 is 0 Å². The van der Waals surface area contributed by atoms with E-state index < -0.39 is 0 Å². The highest BCUT2D eigenvalue weighted by Crippen LogP contribution is 2.20. The highest BCUT2D eigenvalue weighted by molar-refractivity contribution is 9.10. The molecule has 0 aliphatic carbocycles. The number of nitrogens with zero attached hydrogens (tertiary/aromatic N) is 2. The van der Waals surface area contributed by atoms with Gasteiger partial charge in [0.25, 0.3) is 5.91 Å². The van der Waals surface area contributed by atoms with Gasteiger partial charge in [0.1, 0.15) is 6.33 Å². The molecule has 0 atom stereocenters. The zero-order chi connectivity index (χ0) is 13.7. The fraction of sp³-hybridized carbons (Fsp3) is 0.154. The number of aromatic nitrogens is 2. The summed E-state index contributed by atoms with van der Waals surface area (Å²) in [6.45, 7) is 1.73. The maximum absolute atomic E-state index is 11.7. The zero-order valence-electron chi connectivity index (χ0n) is 10.3. The third-order valence-corrected chi connectivity index (χ3v) is 2.97. The van der Waals surface area contributed by atoms with Crippen LogP contribution >= 0.6 is 15.9 Å². The number of halogens is 1. The van der Waals surface area contributed by atoms with Crippen LogP contribution in [0.2, 0.25) is 0 Å².